The largest absolute Gasteiger partial charge is 0.493 e. The van der Waals surface area contributed by atoms with Gasteiger partial charge in [-0.1, -0.05) is 0 Å². The van der Waals surface area contributed by atoms with Gasteiger partial charge in [0, 0.05) is 39.8 Å². The van der Waals surface area contributed by atoms with Crippen LogP contribution in [0.25, 0.3) is 0 Å². The summed E-state index contributed by atoms with van der Waals surface area (Å²) in [6.45, 7) is 1.41. The third-order valence-electron chi connectivity index (χ3n) is 5.81. The molecule has 3 rings (SSSR count). The van der Waals surface area contributed by atoms with Crippen LogP contribution in [0.4, 0.5) is 5.82 Å². The van der Waals surface area contributed by atoms with Crippen molar-refractivity contribution in [2.75, 3.05) is 39.3 Å². The summed E-state index contributed by atoms with van der Waals surface area (Å²) in [5, 5.41) is 2.98. The van der Waals surface area contributed by atoms with E-state index in [1.165, 1.54) is 24.8 Å². The maximum atomic E-state index is 12.9. The van der Waals surface area contributed by atoms with Crippen molar-refractivity contribution in [3.8, 4) is 17.2 Å². The Kier molecular flexibility index (Phi) is 7.12. The summed E-state index contributed by atoms with van der Waals surface area (Å²) in [6, 6.07) is 5.03. The molecule has 1 aromatic carbocycles. The van der Waals surface area contributed by atoms with Gasteiger partial charge < -0.3 is 24.4 Å². The van der Waals surface area contributed by atoms with Gasteiger partial charge in [-0.05, 0) is 30.5 Å². The summed E-state index contributed by atoms with van der Waals surface area (Å²) in [5.41, 5.74) is 0.0630. The molecule has 1 saturated heterocycles. The summed E-state index contributed by atoms with van der Waals surface area (Å²) in [6.07, 6.45) is 1.52. The van der Waals surface area contributed by atoms with Gasteiger partial charge in [0.2, 0.25) is 11.7 Å². The Labute approximate surface area is 186 Å². The highest BCUT2D eigenvalue weighted by Gasteiger charge is 2.27. The van der Waals surface area contributed by atoms with E-state index in [-0.39, 0.29) is 23.1 Å². The average molecular weight is 447 g/mol. The molecule has 1 atom stereocenters. The molecule has 0 bridgehead atoms. The maximum Gasteiger partial charge on any atom is 0.332 e. The van der Waals surface area contributed by atoms with Crippen LogP contribution in [0.5, 0.6) is 17.2 Å². The molecule has 1 amide bonds. The van der Waals surface area contributed by atoms with E-state index in [1.807, 2.05) is 4.90 Å². The highest BCUT2D eigenvalue weighted by molar-refractivity contribution is 5.79. The van der Waals surface area contributed by atoms with E-state index >= 15 is 0 Å². The van der Waals surface area contributed by atoms with E-state index in [0.717, 1.165) is 23.0 Å². The smallest absolute Gasteiger partial charge is 0.332 e. The van der Waals surface area contributed by atoms with Crippen LogP contribution in [0, 0.1) is 5.92 Å². The third-order valence-corrected chi connectivity index (χ3v) is 5.81. The number of hydrogen-bond donors (Lipinski definition) is 1. The number of anilines is 1. The van der Waals surface area contributed by atoms with Crippen LogP contribution < -0.4 is 35.7 Å². The van der Waals surface area contributed by atoms with Crippen LogP contribution in [0.2, 0.25) is 0 Å². The number of aromatic nitrogens is 2. The Morgan fingerprint density at radius 3 is 2.28 bits per heavy atom. The molecule has 1 N–H and O–H groups in total. The average Bonchev–Trinajstić information content (AvgIpc) is 2.82. The first-order valence-corrected chi connectivity index (χ1v) is 10.4. The Balaban J connectivity index is 1.72. The van der Waals surface area contributed by atoms with E-state index in [4.69, 9.17) is 14.2 Å². The van der Waals surface area contributed by atoms with Gasteiger partial charge in [-0.3, -0.25) is 18.7 Å². The maximum absolute atomic E-state index is 12.9. The molecule has 10 nitrogen and oxygen atoms in total. The minimum atomic E-state index is -0.388. The van der Waals surface area contributed by atoms with Gasteiger partial charge in [0.25, 0.3) is 5.56 Å². The Morgan fingerprint density at radius 2 is 1.69 bits per heavy atom. The lowest BCUT2D eigenvalue weighted by Gasteiger charge is -2.34. The molecular formula is C22H30N4O6. The van der Waals surface area contributed by atoms with Crippen molar-refractivity contribution >= 4 is 11.7 Å². The number of methoxy groups -OCH3 is 3. The quantitative estimate of drug-likeness (QED) is 0.666. The molecule has 1 aromatic heterocycles. The fourth-order valence-electron chi connectivity index (χ4n) is 3.99. The van der Waals surface area contributed by atoms with Crippen molar-refractivity contribution < 1.29 is 19.0 Å². The first-order chi connectivity index (χ1) is 15.3. The number of ether oxygens (including phenoxy) is 3. The summed E-state index contributed by atoms with van der Waals surface area (Å²) in [4.78, 5) is 39.2. The molecule has 1 fully saturated rings. The summed E-state index contributed by atoms with van der Waals surface area (Å²) in [5.74, 6) is 1.72. The first-order valence-electron chi connectivity index (χ1n) is 10.4. The zero-order chi connectivity index (χ0) is 23.4. The molecule has 2 heterocycles. The molecule has 0 radical (unpaired) electrons. The van der Waals surface area contributed by atoms with Crippen LogP contribution in [0.1, 0.15) is 18.4 Å². The topological polar surface area (TPSA) is 104 Å². The monoisotopic (exact) mass is 446 g/mol. The number of nitrogens with one attached hydrogen (secondary N) is 1. The van der Waals surface area contributed by atoms with E-state index in [9.17, 15) is 14.4 Å². The summed E-state index contributed by atoms with van der Waals surface area (Å²) >= 11 is 0. The number of nitrogens with zero attached hydrogens (tertiary/aromatic N) is 3. The number of hydrogen-bond acceptors (Lipinski definition) is 7. The van der Waals surface area contributed by atoms with Gasteiger partial charge in [0.1, 0.15) is 5.82 Å². The number of amides is 1. The number of piperidine rings is 1. The lowest BCUT2D eigenvalue weighted by molar-refractivity contribution is -0.125. The van der Waals surface area contributed by atoms with E-state index in [0.29, 0.717) is 42.7 Å². The van der Waals surface area contributed by atoms with Crippen molar-refractivity contribution in [1.82, 2.24) is 14.5 Å². The molecule has 0 spiro atoms. The minimum absolute atomic E-state index is 0.0858. The van der Waals surface area contributed by atoms with Crippen molar-refractivity contribution in [1.29, 1.82) is 0 Å². The minimum Gasteiger partial charge on any atom is -0.493 e. The molecular weight excluding hydrogens is 416 g/mol. The second kappa shape index (κ2) is 9.80. The van der Waals surface area contributed by atoms with Gasteiger partial charge >= 0.3 is 5.69 Å². The molecule has 1 unspecified atom stereocenters. The van der Waals surface area contributed by atoms with Gasteiger partial charge in [-0.25, -0.2) is 4.79 Å². The molecule has 2 aromatic rings. The standard InChI is InChI=1S/C22H30N4O6/c1-24-18(11-19(27)25(2)22(24)29)26-8-6-7-15(13-26)21(28)23-12-14-9-16(30-3)20(32-5)17(10-14)31-4/h9-11,15H,6-8,12-13H2,1-5H3,(H,23,28). The SMILES string of the molecule is COc1cc(CNC(=O)C2CCCN(c3cc(=O)n(C)c(=O)n3C)C2)cc(OC)c1OC. The highest BCUT2D eigenvalue weighted by Crippen LogP contribution is 2.38. The lowest BCUT2D eigenvalue weighted by atomic mass is 9.97. The van der Waals surface area contributed by atoms with Gasteiger partial charge in [0.15, 0.2) is 11.5 Å². The van der Waals surface area contributed by atoms with Crippen LogP contribution in [0.15, 0.2) is 27.8 Å². The zero-order valence-corrected chi connectivity index (χ0v) is 19.1. The normalized spacial score (nSPS) is 15.9. The Bertz CT molecular complexity index is 1080. The van der Waals surface area contributed by atoms with Gasteiger partial charge in [-0.15, -0.1) is 0 Å². The molecule has 10 heteroatoms. The van der Waals surface area contributed by atoms with Crippen molar-refractivity contribution in [2.45, 2.75) is 19.4 Å². The molecule has 32 heavy (non-hydrogen) atoms. The fourth-order valence-corrected chi connectivity index (χ4v) is 3.99. The van der Waals surface area contributed by atoms with E-state index in [1.54, 1.807) is 33.4 Å². The second-order valence-corrected chi connectivity index (χ2v) is 7.78. The summed E-state index contributed by atoms with van der Waals surface area (Å²) < 4.78 is 18.6. The van der Waals surface area contributed by atoms with Gasteiger partial charge in [-0.2, -0.15) is 0 Å². The second-order valence-electron chi connectivity index (χ2n) is 7.78. The Morgan fingerprint density at radius 1 is 1.03 bits per heavy atom. The first kappa shape index (κ1) is 23.2. The third kappa shape index (κ3) is 4.58. The van der Waals surface area contributed by atoms with Crippen molar-refractivity contribution in [3.05, 3.63) is 44.6 Å². The number of benzene rings is 1. The molecule has 174 valence electrons. The van der Waals surface area contributed by atoms with Crippen LogP contribution >= 0.6 is 0 Å². The van der Waals surface area contributed by atoms with Crippen LogP contribution in [-0.4, -0.2) is 49.5 Å². The molecule has 0 saturated carbocycles. The lowest BCUT2D eigenvalue weighted by Crippen LogP contribution is -2.46. The zero-order valence-electron chi connectivity index (χ0n) is 19.1. The Hall–Kier alpha value is -3.43. The van der Waals surface area contributed by atoms with E-state index in [2.05, 4.69) is 5.32 Å². The molecule has 0 aliphatic carbocycles. The highest BCUT2D eigenvalue weighted by atomic mass is 16.5. The van der Waals surface area contributed by atoms with Gasteiger partial charge in [0.05, 0.1) is 27.2 Å². The molecule has 1 aliphatic rings. The van der Waals surface area contributed by atoms with Crippen molar-refractivity contribution in [2.24, 2.45) is 20.0 Å². The predicted molar refractivity (Wildman–Crippen MR) is 120 cm³/mol. The number of carbonyl (C=O) groups excluding carboxylic acids is 1. The van der Waals surface area contributed by atoms with Crippen LogP contribution in [0.3, 0.4) is 0 Å². The predicted octanol–water partition coefficient (Wildman–Crippen LogP) is 0.643. The van der Waals surface area contributed by atoms with Crippen LogP contribution in [-0.2, 0) is 25.4 Å². The van der Waals surface area contributed by atoms with E-state index < -0.39 is 0 Å². The molecule has 1 aliphatic heterocycles. The summed E-state index contributed by atoms with van der Waals surface area (Å²) in [7, 11) is 7.70. The number of carbonyl (C=O) groups is 1. The number of rotatable bonds is 7. The van der Waals surface area contributed by atoms with Crippen molar-refractivity contribution in [3.63, 3.8) is 0 Å². The fraction of sp³-hybridized carbons (Fsp3) is 0.500.